The summed E-state index contributed by atoms with van der Waals surface area (Å²) in [6, 6.07) is 0. The van der Waals surface area contributed by atoms with Crippen LogP contribution in [0.25, 0.3) is 0 Å². The molecule has 0 N–H and O–H groups in total. The molecule has 0 bridgehead atoms. The molecule has 0 fully saturated rings. The van der Waals surface area contributed by atoms with Gasteiger partial charge < -0.3 is 63.9 Å². The molecule has 0 aromatic heterocycles. The fraction of sp³-hybridized carbons (Fsp3) is 1.00. The SMILES string of the molecule is CCCCC(CC)COP(=S)([S-])OCC(CC)CCCC.CCCCC(CC)COP(=S)([S-])OCC(CC)CCCC.CCCCC(CC)COP(=S)([S-])OCC(CC)CCCC.[O]=[Mo+3]. The molecule has 0 aromatic carbocycles. The molecule has 0 aromatic rings. The first-order valence-electron chi connectivity index (χ1n) is 25.9. The van der Waals surface area contributed by atoms with Crippen molar-refractivity contribution in [3.63, 3.8) is 0 Å². The van der Waals surface area contributed by atoms with Crippen molar-refractivity contribution in [3.05, 3.63) is 0 Å². The van der Waals surface area contributed by atoms with Gasteiger partial charge in [0.1, 0.15) is 0 Å². The van der Waals surface area contributed by atoms with Crippen molar-refractivity contribution in [2.24, 2.45) is 35.5 Å². The van der Waals surface area contributed by atoms with Crippen LogP contribution in [0, 0.1) is 35.5 Å². The zero-order chi connectivity index (χ0) is 50.4. The second kappa shape index (κ2) is 52.1. The van der Waals surface area contributed by atoms with E-state index in [-0.39, 0.29) is 0 Å². The summed E-state index contributed by atoms with van der Waals surface area (Å²) in [7, 11) is 0. The molecule has 0 saturated heterocycles. The Balaban J connectivity index is -0.000000421. The topological polar surface area (TPSA) is 72.5 Å². The van der Waals surface area contributed by atoms with Crippen LogP contribution < -0.4 is 0 Å². The molecule has 0 heterocycles. The summed E-state index contributed by atoms with van der Waals surface area (Å²) < 4.78 is 43.0. The molecule has 17 heteroatoms. The van der Waals surface area contributed by atoms with Gasteiger partial charge in [-0.15, -0.1) is 0 Å². The van der Waals surface area contributed by atoms with E-state index in [1.165, 1.54) is 116 Å². The molecular weight excluding hydrogens is 1070 g/mol. The van der Waals surface area contributed by atoms with Gasteiger partial charge in [-0.3, -0.25) is 0 Å². The third-order valence-corrected chi connectivity index (χ3v) is 18.7. The molecule has 393 valence electrons. The van der Waals surface area contributed by atoms with Crippen LogP contribution in [0.2, 0.25) is 0 Å². The summed E-state index contributed by atoms with van der Waals surface area (Å²) in [5.74, 6) is 3.42. The Morgan fingerprint density at radius 2 is 0.446 bits per heavy atom. The molecule has 7 nitrogen and oxygen atoms in total. The average Bonchev–Trinajstić information content (AvgIpc) is 3.30. The van der Waals surface area contributed by atoms with Crippen LogP contribution in [0.1, 0.15) is 237 Å². The van der Waals surface area contributed by atoms with E-state index >= 15 is 0 Å². The van der Waals surface area contributed by atoms with Crippen LogP contribution in [-0.2, 0) is 122 Å². The van der Waals surface area contributed by atoms with Gasteiger partial charge in [0, 0.05) is 0 Å². The van der Waals surface area contributed by atoms with Gasteiger partial charge in [-0.1, -0.05) is 234 Å². The predicted molar refractivity (Wildman–Crippen MR) is 301 cm³/mol. The normalized spacial score (nSPS) is 16.9. The van der Waals surface area contributed by atoms with E-state index in [1.807, 2.05) is 0 Å². The Hall–Kier alpha value is 3.25. The van der Waals surface area contributed by atoms with Crippen LogP contribution in [0.5, 0.6) is 0 Å². The number of hydrogen-bond acceptors (Lipinski definition) is 13. The number of unbranched alkanes of at least 4 members (excludes halogenated alkanes) is 6. The fourth-order valence-corrected chi connectivity index (χ4v) is 11.5. The van der Waals surface area contributed by atoms with Crippen molar-refractivity contribution in [1.29, 1.82) is 0 Å². The molecule has 6 atom stereocenters. The van der Waals surface area contributed by atoms with E-state index in [2.05, 4.69) is 83.1 Å². The maximum absolute atomic E-state index is 8.26. The molecular formula is C48H102MoO7P3S6. The van der Waals surface area contributed by atoms with Gasteiger partial charge in [0.2, 0.25) is 0 Å². The van der Waals surface area contributed by atoms with Gasteiger partial charge in [0.15, 0.2) is 0 Å². The van der Waals surface area contributed by atoms with E-state index in [9.17, 15) is 0 Å². The number of hydrogen-bond donors (Lipinski definition) is 0. The minimum absolute atomic E-state index is 0.570. The molecule has 0 amide bonds. The van der Waals surface area contributed by atoms with Crippen molar-refractivity contribution >= 4 is 89.2 Å². The third kappa shape index (κ3) is 50.6. The summed E-state index contributed by atoms with van der Waals surface area (Å²) in [4.78, 5) is 0. The molecule has 6 unspecified atom stereocenters. The first kappa shape index (κ1) is 74.8. The average molecular weight is 1170 g/mol. The Labute approximate surface area is 448 Å². The van der Waals surface area contributed by atoms with E-state index in [0.29, 0.717) is 94.9 Å². The molecule has 0 radical (unpaired) electrons. The van der Waals surface area contributed by atoms with Crippen LogP contribution in [0.15, 0.2) is 0 Å². The van der Waals surface area contributed by atoms with E-state index in [4.69, 9.17) is 103 Å². The molecule has 0 aliphatic rings. The molecule has 0 aliphatic carbocycles. The minimum atomic E-state index is -2.47. The molecule has 0 aliphatic heterocycles. The first-order valence-corrected chi connectivity index (χ1v) is 37.7. The summed E-state index contributed by atoms with van der Waals surface area (Å²) >= 11 is 33.0. The van der Waals surface area contributed by atoms with Gasteiger partial charge in [-0.2, -0.15) is 0 Å². The predicted octanol–water partition coefficient (Wildman–Crippen LogP) is 18.6. The first-order chi connectivity index (χ1) is 31.0. The molecule has 0 spiro atoms. The summed E-state index contributed by atoms with van der Waals surface area (Å²) in [6.45, 7) is 30.5. The van der Waals surface area contributed by atoms with E-state index in [0.717, 1.165) is 38.5 Å². The van der Waals surface area contributed by atoms with Gasteiger partial charge in [0.05, 0.1) is 56.7 Å². The van der Waals surface area contributed by atoms with Crippen molar-refractivity contribution < 1.29 is 50.3 Å². The summed E-state index contributed by atoms with van der Waals surface area (Å²) in [6.07, 6.45) is 28.8. The van der Waals surface area contributed by atoms with Crippen LogP contribution >= 0.6 is 17.1 Å². The zero-order valence-electron chi connectivity index (χ0n) is 43.7. The molecule has 65 heavy (non-hydrogen) atoms. The summed E-state index contributed by atoms with van der Waals surface area (Å²) in [5, 5.41) is 0. The molecule has 0 rings (SSSR count). The monoisotopic (exact) mass is 1170 g/mol. The second-order valence-electron chi connectivity index (χ2n) is 17.6. The van der Waals surface area contributed by atoms with Crippen LogP contribution in [0.3, 0.4) is 0 Å². The van der Waals surface area contributed by atoms with Crippen molar-refractivity contribution in [2.75, 3.05) is 39.6 Å². The van der Waals surface area contributed by atoms with Crippen molar-refractivity contribution in [1.82, 2.24) is 0 Å². The molecule has 0 saturated carbocycles. The quantitative estimate of drug-likeness (QED) is 0.0331. The van der Waals surface area contributed by atoms with Crippen LogP contribution in [0.4, 0.5) is 0 Å². The van der Waals surface area contributed by atoms with Crippen molar-refractivity contribution in [2.45, 2.75) is 237 Å². The fourth-order valence-electron chi connectivity index (χ4n) is 6.68. The van der Waals surface area contributed by atoms with E-state index in [1.54, 1.807) is 0 Å². The Kier molecular flexibility index (Phi) is 60.0. The second-order valence-corrected chi connectivity index (χ2v) is 32.6. The Morgan fingerprint density at radius 1 is 0.323 bits per heavy atom. The van der Waals surface area contributed by atoms with Gasteiger partial charge in [-0.25, -0.2) is 0 Å². The third-order valence-electron chi connectivity index (χ3n) is 12.1. The Morgan fingerprint density at radius 3 is 0.538 bits per heavy atom. The van der Waals surface area contributed by atoms with E-state index < -0.39 is 17.1 Å². The van der Waals surface area contributed by atoms with Crippen LogP contribution in [-0.4, -0.2) is 39.6 Å². The van der Waals surface area contributed by atoms with Gasteiger partial charge in [-0.05, 0) is 74.0 Å². The standard InChI is InChI=1S/3C16H35O2PS2.Mo.O/c3*1-5-9-11-15(7-3)13-17-19(20,21)18-14-16(8-4)12-10-6-2;;/h3*15-16H,5-14H2,1-4H3,(H,20,21);;/q;;;+3;/p-3. The zero-order valence-corrected chi connectivity index (χ0v) is 53.3. The number of rotatable bonds is 42. The summed E-state index contributed by atoms with van der Waals surface area (Å²) in [5.41, 5.74) is -7.42. The maximum atomic E-state index is 8.26. The van der Waals surface area contributed by atoms with Gasteiger partial charge in [0.25, 0.3) is 0 Å². The Bertz CT molecular complexity index is 950. The van der Waals surface area contributed by atoms with Crippen molar-refractivity contribution in [3.8, 4) is 0 Å². The van der Waals surface area contributed by atoms with Gasteiger partial charge >= 0.3 is 23.2 Å².